The Kier molecular flexibility index (Phi) is 3.78. The van der Waals surface area contributed by atoms with Crippen molar-refractivity contribution in [2.24, 2.45) is 0 Å². The summed E-state index contributed by atoms with van der Waals surface area (Å²) >= 11 is 0. The molecule has 20 heavy (non-hydrogen) atoms. The molecule has 0 spiro atoms. The van der Waals surface area contributed by atoms with E-state index >= 15 is 0 Å². The summed E-state index contributed by atoms with van der Waals surface area (Å²) in [7, 11) is 1.92. The monoisotopic (exact) mass is 275 g/mol. The normalized spacial score (nSPS) is 26.6. The van der Waals surface area contributed by atoms with Gasteiger partial charge in [0.2, 0.25) is 0 Å². The van der Waals surface area contributed by atoms with Gasteiger partial charge in [0.15, 0.2) is 0 Å². The van der Waals surface area contributed by atoms with Gasteiger partial charge in [-0.15, -0.1) is 0 Å². The van der Waals surface area contributed by atoms with E-state index in [1.807, 2.05) is 7.05 Å². The van der Waals surface area contributed by atoms with Crippen molar-refractivity contribution in [1.82, 2.24) is 14.9 Å². The second-order valence-corrected chi connectivity index (χ2v) is 5.92. The largest absolute Gasteiger partial charge is 0.373 e. The highest BCUT2D eigenvalue weighted by molar-refractivity contribution is 5.50. The smallest absolute Gasteiger partial charge is 0.134 e. The fourth-order valence-electron chi connectivity index (χ4n) is 3.42. The maximum Gasteiger partial charge on any atom is 0.134 e. The lowest BCUT2D eigenvalue weighted by atomic mass is 10.1. The Morgan fingerprint density at radius 1 is 1.35 bits per heavy atom. The molecule has 0 amide bonds. The summed E-state index contributed by atoms with van der Waals surface area (Å²) in [5, 5.41) is 3.15. The van der Waals surface area contributed by atoms with Gasteiger partial charge in [0.05, 0.1) is 0 Å². The summed E-state index contributed by atoms with van der Waals surface area (Å²) in [6.07, 6.45) is 3.55. The molecule has 2 saturated heterocycles. The first-order valence-electron chi connectivity index (χ1n) is 7.77. The van der Waals surface area contributed by atoms with Gasteiger partial charge >= 0.3 is 0 Å². The summed E-state index contributed by atoms with van der Waals surface area (Å²) in [6.45, 7) is 7.95. The van der Waals surface area contributed by atoms with E-state index in [-0.39, 0.29) is 0 Å². The third-order valence-corrected chi connectivity index (χ3v) is 4.56. The Morgan fingerprint density at radius 2 is 2.20 bits per heavy atom. The first-order valence-corrected chi connectivity index (χ1v) is 7.77. The Balaban J connectivity index is 1.87. The van der Waals surface area contributed by atoms with Crippen molar-refractivity contribution in [2.45, 2.75) is 45.2 Å². The quantitative estimate of drug-likeness (QED) is 0.910. The Bertz CT molecular complexity index is 453. The molecule has 2 unspecified atom stereocenters. The first-order chi connectivity index (χ1) is 9.71. The molecule has 1 N–H and O–H groups in total. The summed E-state index contributed by atoms with van der Waals surface area (Å²) in [4.78, 5) is 14.3. The molecule has 1 aromatic heterocycles. The van der Waals surface area contributed by atoms with Gasteiger partial charge in [-0.05, 0) is 26.3 Å². The van der Waals surface area contributed by atoms with Gasteiger partial charge in [0, 0.05) is 44.7 Å². The predicted molar refractivity (Wildman–Crippen MR) is 82.4 cm³/mol. The van der Waals surface area contributed by atoms with Crippen molar-refractivity contribution in [3.63, 3.8) is 0 Å². The zero-order valence-electron chi connectivity index (χ0n) is 12.8. The molecule has 2 atom stereocenters. The van der Waals surface area contributed by atoms with Crippen LogP contribution in [-0.2, 0) is 6.42 Å². The van der Waals surface area contributed by atoms with E-state index in [0.717, 1.165) is 37.0 Å². The van der Waals surface area contributed by atoms with Crippen LogP contribution in [0.3, 0.4) is 0 Å². The van der Waals surface area contributed by atoms with Gasteiger partial charge < -0.3 is 10.2 Å². The van der Waals surface area contributed by atoms with E-state index in [2.05, 4.69) is 40.0 Å². The van der Waals surface area contributed by atoms with Crippen LogP contribution in [0, 0.1) is 0 Å². The van der Waals surface area contributed by atoms with Gasteiger partial charge in [-0.25, -0.2) is 9.97 Å². The Morgan fingerprint density at radius 3 is 2.95 bits per heavy atom. The number of nitrogens with zero attached hydrogens (tertiary/aromatic N) is 4. The minimum absolute atomic E-state index is 0.522. The molecule has 0 aliphatic carbocycles. The molecule has 0 saturated carbocycles. The molecule has 2 aliphatic heterocycles. The summed E-state index contributed by atoms with van der Waals surface area (Å²) < 4.78 is 0. The van der Waals surface area contributed by atoms with E-state index < -0.39 is 0 Å². The lowest BCUT2D eigenvalue weighted by Gasteiger charge is -2.43. The van der Waals surface area contributed by atoms with Crippen molar-refractivity contribution >= 4 is 11.6 Å². The SMILES string of the molecule is CCc1nc(NC)cc(N2CC3CCCN3CC2C)n1. The molecule has 0 aromatic carbocycles. The van der Waals surface area contributed by atoms with Crippen LogP contribution < -0.4 is 10.2 Å². The first kappa shape index (κ1) is 13.6. The number of anilines is 2. The lowest BCUT2D eigenvalue weighted by molar-refractivity contribution is 0.202. The highest BCUT2D eigenvalue weighted by Gasteiger charge is 2.35. The van der Waals surface area contributed by atoms with Crippen LogP contribution in [0.25, 0.3) is 0 Å². The highest BCUT2D eigenvalue weighted by Crippen LogP contribution is 2.28. The van der Waals surface area contributed by atoms with Gasteiger partial charge in [-0.1, -0.05) is 6.92 Å². The number of fused-ring (bicyclic) bond motifs is 1. The molecule has 2 fully saturated rings. The molecule has 110 valence electrons. The maximum atomic E-state index is 4.74. The Hall–Kier alpha value is -1.36. The maximum absolute atomic E-state index is 4.74. The topological polar surface area (TPSA) is 44.3 Å². The van der Waals surface area contributed by atoms with Gasteiger partial charge in [-0.2, -0.15) is 0 Å². The van der Waals surface area contributed by atoms with Crippen LogP contribution in [0.15, 0.2) is 6.07 Å². The van der Waals surface area contributed by atoms with Crippen molar-refractivity contribution < 1.29 is 0 Å². The number of hydrogen-bond donors (Lipinski definition) is 1. The number of piperazine rings is 1. The highest BCUT2D eigenvalue weighted by atomic mass is 15.3. The Labute approximate surface area is 121 Å². The summed E-state index contributed by atoms with van der Waals surface area (Å²) in [5.41, 5.74) is 0. The second kappa shape index (κ2) is 5.56. The molecule has 2 aliphatic rings. The number of aromatic nitrogens is 2. The summed E-state index contributed by atoms with van der Waals surface area (Å²) in [6, 6.07) is 3.32. The average Bonchev–Trinajstić information content (AvgIpc) is 2.92. The van der Waals surface area contributed by atoms with Crippen LogP contribution in [0.5, 0.6) is 0 Å². The van der Waals surface area contributed by atoms with E-state index in [4.69, 9.17) is 4.98 Å². The minimum Gasteiger partial charge on any atom is -0.373 e. The average molecular weight is 275 g/mol. The van der Waals surface area contributed by atoms with Crippen molar-refractivity contribution in [3.05, 3.63) is 11.9 Å². The second-order valence-electron chi connectivity index (χ2n) is 5.92. The third kappa shape index (κ3) is 2.46. The van der Waals surface area contributed by atoms with Crippen LogP contribution in [0.2, 0.25) is 0 Å². The number of hydrogen-bond acceptors (Lipinski definition) is 5. The van der Waals surface area contributed by atoms with E-state index in [1.54, 1.807) is 0 Å². The van der Waals surface area contributed by atoms with Gasteiger partial charge in [0.25, 0.3) is 0 Å². The third-order valence-electron chi connectivity index (χ3n) is 4.56. The molecule has 5 heteroatoms. The standard InChI is InChI=1S/C15H25N5/c1-4-13-17-14(16-3)8-15(18-13)20-10-12-6-5-7-19(12)9-11(20)2/h8,11-12H,4-7,9-10H2,1-3H3,(H,16,17,18). The summed E-state index contributed by atoms with van der Waals surface area (Å²) in [5.74, 6) is 2.93. The van der Waals surface area contributed by atoms with Gasteiger partial charge in [0.1, 0.15) is 17.5 Å². The zero-order valence-corrected chi connectivity index (χ0v) is 12.8. The molecular weight excluding hydrogens is 250 g/mol. The van der Waals surface area contributed by atoms with E-state index in [9.17, 15) is 0 Å². The van der Waals surface area contributed by atoms with Crippen molar-refractivity contribution in [2.75, 3.05) is 36.9 Å². The minimum atomic E-state index is 0.522. The predicted octanol–water partition coefficient (Wildman–Crippen LogP) is 1.75. The molecule has 0 radical (unpaired) electrons. The van der Waals surface area contributed by atoms with Crippen molar-refractivity contribution in [3.8, 4) is 0 Å². The molecular formula is C15H25N5. The molecule has 3 heterocycles. The molecule has 0 bridgehead atoms. The molecule has 3 rings (SSSR count). The fraction of sp³-hybridized carbons (Fsp3) is 0.733. The number of nitrogens with one attached hydrogen (secondary N) is 1. The lowest BCUT2D eigenvalue weighted by Crippen LogP contribution is -2.55. The van der Waals surface area contributed by atoms with Crippen molar-refractivity contribution in [1.29, 1.82) is 0 Å². The zero-order chi connectivity index (χ0) is 14.1. The van der Waals surface area contributed by atoms with Crippen LogP contribution >= 0.6 is 0 Å². The number of rotatable bonds is 3. The molecule has 5 nitrogen and oxygen atoms in total. The fourth-order valence-corrected chi connectivity index (χ4v) is 3.42. The van der Waals surface area contributed by atoms with Crippen LogP contribution in [0.4, 0.5) is 11.6 Å². The van der Waals surface area contributed by atoms with E-state index in [1.165, 1.54) is 19.4 Å². The molecule has 1 aromatic rings. The van der Waals surface area contributed by atoms with E-state index in [0.29, 0.717) is 12.1 Å². The van der Waals surface area contributed by atoms with Crippen LogP contribution in [-0.4, -0.2) is 53.6 Å². The van der Waals surface area contributed by atoms with Crippen LogP contribution in [0.1, 0.15) is 32.5 Å². The number of aryl methyl sites for hydroxylation is 1. The van der Waals surface area contributed by atoms with Gasteiger partial charge in [-0.3, -0.25) is 4.90 Å².